The van der Waals surface area contributed by atoms with Crippen molar-refractivity contribution in [2.75, 3.05) is 13.8 Å². The van der Waals surface area contributed by atoms with Gasteiger partial charge in [0, 0.05) is 24.7 Å². The Balaban J connectivity index is 1.62. The number of nitriles is 1. The van der Waals surface area contributed by atoms with E-state index in [1.807, 2.05) is 54.6 Å². The van der Waals surface area contributed by atoms with Crippen molar-refractivity contribution in [3.05, 3.63) is 83.4 Å². The molecule has 0 atom stereocenters. The summed E-state index contributed by atoms with van der Waals surface area (Å²) >= 11 is 0. The molecule has 3 aromatic carbocycles. The molecule has 0 aliphatic carbocycles. The van der Waals surface area contributed by atoms with Crippen molar-refractivity contribution in [3.63, 3.8) is 0 Å². The van der Waals surface area contributed by atoms with E-state index in [0.717, 1.165) is 22.4 Å². The molecular formula is C23H18N2O3. The van der Waals surface area contributed by atoms with Gasteiger partial charge in [-0.1, -0.05) is 42.5 Å². The normalized spacial score (nSPS) is 11.7. The van der Waals surface area contributed by atoms with Crippen molar-refractivity contribution in [1.29, 1.82) is 5.26 Å². The Morgan fingerprint density at radius 1 is 1.00 bits per heavy atom. The molecular weight excluding hydrogens is 352 g/mol. The molecule has 1 aliphatic rings. The maximum absolute atomic E-state index is 13.2. The van der Waals surface area contributed by atoms with Crippen LogP contribution >= 0.6 is 0 Å². The maximum atomic E-state index is 13.2. The fraction of sp³-hybridized carbons (Fsp3) is 0.130. The van der Waals surface area contributed by atoms with Gasteiger partial charge in [-0.3, -0.25) is 4.79 Å². The monoisotopic (exact) mass is 370 g/mol. The second kappa shape index (κ2) is 7.45. The first-order valence-electron chi connectivity index (χ1n) is 8.90. The summed E-state index contributed by atoms with van der Waals surface area (Å²) in [7, 11) is 1.76. The molecule has 0 N–H and O–H groups in total. The molecule has 0 saturated heterocycles. The number of benzene rings is 3. The Hall–Kier alpha value is -3.78. The van der Waals surface area contributed by atoms with E-state index in [2.05, 4.69) is 6.07 Å². The number of hydrogen-bond donors (Lipinski definition) is 0. The summed E-state index contributed by atoms with van der Waals surface area (Å²) in [6.07, 6.45) is 0. The molecule has 0 fully saturated rings. The first-order chi connectivity index (χ1) is 13.7. The molecule has 0 saturated carbocycles. The van der Waals surface area contributed by atoms with Gasteiger partial charge in [-0.2, -0.15) is 5.26 Å². The average molecular weight is 370 g/mol. The SMILES string of the molecule is CN(Cc1ccc2c(c1)OCO2)C(=O)c1ccccc1-c1ccccc1C#N. The molecule has 5 nitrogen and oxygen atoms in total. The fourth-order valence-electron chi connectivity index (χ4n) is 3.31. The first-order valence-corrected chi connectivity index (χ1v) is 8.90. The molecule has 138 valence electrons. The summed E-state index contributed by atoms with van der Waals surface area (Å²) in [6, 6.07) is 22.6. The lowest BCUT2D eigenvalue weighted by Crippen LogP contribution is -2.26. The van der Waals surface area contributed by atoms with Crippen molar-refractivity contribution >= 4 is 5.91 Å². The lowest BCUT2D eigenvalue weighted by Gasteiger charge is -2.20. The third-order valence-electron chi connectivity index (χ3n) is 4.70. The number of carbonyl (C=O) groups excluding carboxylic acids is 1. The fourth-order valence-corrected chi connectivity index (χ4v) is 3.31. The van der Waals surface area contributed by atoms with Crippen LogP contribution in [0.25, 0.3) is 11.1 Å². The van der Waals surface area contributed by atoms with Crippen molar-refractivity contribution in [2.24, 2.45) is 0 Å². The van der Waals surface area contributed by atoms with Gasteiger partial charge in [-0.25, -0.2) is 0 Å². The van der Waals surface area contributed by atoms with E-state index in [-0.39, 0.29) is 12.7 Å². The van der Waals surface area contributed by atoms with Crippen LogP contribution in [-0.4, -0.2) is 24.6 Å². The highest BCUT2D eigenvalue weighted by Crippen LogP contribution is 2.33. The molecule has 4 rings (SSSR count). The molecule has 5 heteroatoms. The zero-order valence-electron chi connectivity index (χ0n) is 15.4. The number of carbonyl (C=O) groups is 1. The zero-order valence-corrected chi connectivity index (χ0v) is 15.4. The number of rotatable bonds is 4. The maximum Gasteiger partial charge on any atom is 0.254 e. The molecule has 0 bridgehead atoms. The van der Waals surface area contributed by atoms with Gasteiger partial charge in [0.25, 0.3) is 5.91 Å². The summed E-state index contributed by atoms with van der Waals surface area (Å²) in [5, 5.41) is 9.42. The van der Waals surface area contributed by atoms with Crippen molar-refractivity contribution < 1.29 is 14.3 Å². The number of amides is 1. The third kappa shape index (κ3) is 3.28. The van der Waals surface area contributed by atoms with Crippen LogP contribution in [0.1, 0.15) is 21.5 Å². The van der Waals surface area contributed by atoms with E-state index < -0.39 is 0 Å². The summed E-state index contributed by atoms with van der Waals surface area (Å²) in [4.78, 5) is 14.8. The smallest absolute Gasteiger partial charge is 0.254 e. The van der Waals surface area contributed by atoms with Crippen LogP contribution in [0.5, 0.6) is 11.5 Å². The lowest BCUT2D eigenvalue weighted by molar-refractivity contribution is 0.0785. The highest BCUT2D eigenvalue weighted by molar-refractivity contribution is 6.01. The summed E-state index contributed by atoms with van der Waals surface area (Å²) in [6.45, 7) is 0.656. The van der Waals surface area contributed by atoms with Gasteiger partial charge < -0.3 is 14.4 Å². The van der Waals surface area contributed by atoms with Crippen LogP contribution in [0.4, 0.5) is 0 Å². The molecule has 0 spiro atoms. The molecule has 1 aliphatic heterocycles. The minimum absolute atomic E-state index is 0.110. The van der Waals surface area contributed by atoms with Gasteiger partial charge in [-0.15, -0.1) is 0 Å². The number of ether oxygens (including phenoxy) is 2. The molecule has 0 aromatic heterocycles. The predicted molar refractivity (Wildman–Crippen MR) is 105 cm³/mol. The number of nitrogens with zero attached hydrogens (tertiary/aromatic N) is 2. The highest BCUT2D eigenvalue weighted by atomic mass is 16.7. The largest absolute Gasteiger partial charge is 0.454 e. The van der Waals surface area contributed by atoms with E-state index in [4.69, 9.17) is 9.47 Å². The third-order valence-corrected chi connectivity index (χ3v) is 4.70. The standard InChI is InChI=1S/C23H18N2O3/c1-25(14-16-10-11-21-22(12-16)28-15-27-21)23(26)20-9-5-4-8-19(20)18-7-3-2-6-17(18)13-24/h2-12H,14-15H2,1H3. The van der Waals surface area contributed by atoms with Gasteiger partial charge in [-0.05, 0) is 35.4 Å². The molecule has 0 radical (unpaired) electrons. The second-order valence-corrected chi connectivity index (χ2v) is 6.55. The Morgan fingerprint density at radius 3 is 2.54 bits per heavy atom. The van der Waals surface area contributed by atoms with E-state index in [1.165, 1.54) is 0 Å². The van der Waals surface area contributed by atoms with Crippen LogP contribution in [0, 0.1) is 11.3 Å². The van der Waals surface area contributed by atoms with E-state index in [1.54, 1.807) is 24.1 Å². The summed E-state index contributed by atoms with van der Waals surface area (Å²) in [5.74, 6) is 1.30. The van der Waals surface area contributed by atoms with Crippen molar-refractivity contribution in [3.8, 4) is 28.7 Å². The van der Waals surface area contributed by atoms with Crippen molar-refractivity contribution in [2.45, 2.75) is 6.54 Å². The molecule has 28 heavy (non-hydrogen) atoms. The lowest BCUT2D eigenvalue weighted by atomic mass is 9.95. The summed E-state index contributed by atoms with van der Waals surface area (Å²) in [5.41, 5.74) is 3.57. The van der Waals surface area contributed by atoms with Crippen molar-refractivity contribution in [1.82, 2.24) is 4.90 Å². The van der Waals surface area contributed by atoms with Crippen LogP contribution in [0.2, 0.25) is 0 Å². The Morgan fingerprint density at radius 2 is 1.71 bits per heavy atom. The van der Waals surface area contributed by atoms with Gasteiger partial charge in [0.2, 0.25) is 6.79 Å². The van der Waals surface area contributed by atoms with Gasteiger partial charge in [0.05, 0.1) is 11.6 Å². The molecule has 1 heterocycles. The van der Waals surface area contributed by atoms with Crippen LogP contribution in [0.3, 0.4) is 0 Å². The Bertz CT molecular complexity index is 1090. The Kier molecular flexibility index (Phi) is 4.69. The van der Waals surface area contributed by atoms with E-state index >= 15 is 0 Å². The molecule has 3 aromatic rings. The molecule has 0 unspecified atom stereocenters. The topological polar surface area (TPSA) is 62.6 Å². The first kappa shape index (κ1) is 17.6. The van der Waals surface area contributed by atoms with E-state index in [9.17, 15) is 10.1 Å². The quantitative estimate of drug-likeness (QED) is 0.690. The zero-order chi connectivity index (χ0) is 19.5. The summed E-state index contributed by atoms with van der Waals surface area (Å²) < 4.78 is 10.7. The number of hydrogen-bond acceptors (Lipinski definition) is 4. The highest BCUT2D eigenvalue weighted by Gasteiger charge is 2.19. The van der Waals surface area contributed by atoms with Crippen LogP contribution in [-0.2, 0) is 6.54 Å². The van der Waals surface area contributed by atoms with Gasteiger partial charge >= 0.3 is 0 Å². The predicted octanol–water partition coefficient (Wildman–Crippen LogP) is 4.23. The average Bonchev–Trinajstić information content (AvgIpc) is 3.21. The minimum atomic E-state index is -0.110. The van der Waals surface area contributed by atoms with Gasteiger partial charge in [0.1, 0.15) is 0 Å². The van der Waals surface area contributed by atoms with Gasteiger partial charge in [0.15, 0.2) is 11.5 Å². The molecule has 1 amide bonds. The van der Waals surface area contributed by atoms with Crippen LogP contribution in [0.15, 0.2) is 66.7 Å². The Labute approximate surface area is 163 Å². The minimum Gasteiger partial charge on any atom is -0.454 e. The number of fused-ring (bicyclic) bond motifs is 1. The van der Waals surface area contributed by atoms with E-state index in [0.29, 0.717) is 23.4 Å². The van der Waals surface area contributed by atoms with Crippen LogP contribution < -0.4 is 9.47 Å². The second-order valence-electron chi connectivity index (χ2n) is 6.55.